The Labute approximate surface area is 94.6 Å². The maximum atomic E-state index is 13.4. The molecule has 0 bridgehead atoms. The molecule has 2 radical (unpaired) electrons. The summed E-state index contributed by atoms with van der Waals surface area (Å²) >= 11 is 0. The molecule has 1 fully saturated rings. The molecule has 1 atom stereocenters. The van der Waals surface area contributed by atoms with Crippen LogP contribution in [0.15, 0.2) is 12.1 Å². The van der Waals surface area contributed by atoms with Gasteiger partial charge in [-0.3, -0.25) is 0 Å². The predicted octanol–water partition coefficient (Wildman–Crippen LogP) is 0.692. The molecule has 0 aromatic heterocycles. The molecule has 1 N–H and O–H groups in total. The molecule has 1 aromatic carbocycles. The molecule has 0 saturated carbocycles. The van der Waals surface area contributed by atoms with Gasteiger partial charge in [-0.25, -0.2) is 4.39 Å². The first-order valence-electron chi connectivity index (χ1n) is 5.04. The number of ether oxygens (including phenoxy) is 1. The van der Waals surface area contributed by atoms with E-state index in [1.807, 2.05) is 6.07 Å². The van der Waals surface area contributed by atoms with E-state index in [0.717, 1.165) is 12.5 Å². The van der Waals surface area contributed by atoms with E-state index in [0.29, 0.717) is 24.4 Å². The summed E-state index contributed by atoms with van der Waals surface area (Å²) in [6.45, 7) is 1.26. The zero-order valence-electron chi connectivity index (χ0n) is 8.66. The van der Waals surface area contributed by atoms with E-state index >= 15 is 0 Å². The van der Waals surface area contributed by atoms with Gasteiger partial charge in [0, 0.05) is 6.61 Å². The first kappa shape index (κ1) is 11.0. The van der Waals surface area contributed by atoms with Crippen molar-refractivity contribution in [2.75, 3.05) is 18.5 Å². The van der Waals surface area contributed by atoms with Gasteiger partial charge in [0.05, 0.1) is 18.3 Å². The largest absolute Gasteiger partial charge is 0.379 e. The molecule has 0 amide bonds. The minimum absolute atomic E-state index is 0.00102. The zero-order chi connectivity index (χ0) is 11.5. The molecular weight excluding hydrogens is 206 g/mol. The predicted molar refractivity (Wildman–Crippen MR) is 59.3 cm³/mol. The van der Waals surface area contributed by atoms with Gasteiger partial charge in [-0.2, -0.15) is 5.26 Å². The van der Waals surface area contributed by atoms with E-state index in [2.05, 4.69) is 5.32 Å². The maximum Gasteiger partial charge on any atom is 0.142 e. The van der Waals surface area contributed by atoms with Crippen molar-refractivity contribution in [1.29, 1.82) is 5.26 Å². The summed E-state index contributed by atoms with van der Waals surface area (Å²) in [4.78, 5) is 0. The lowest BCUT2D eigenvalue weighted by Crippen LogP contribution is -2.21. The van der Waals surface area contributed by atoms with Gasteiger partial charge in [0.15, 0.2) is 0 Å². The summed E-state index contributed by atoms with van der Waals surface area (Å²) in [5.74, 6) is -0.594. The minimum Gasteiger partial charge on any atom is -0.379 e. The minimum atomic E-state index is -0.594. The summed E-state index contributed by atoms with van der Waals surface area (Å²) in [5.41, 5.74) is 0.745. The van der Waals surface area contributed by atoms with Crippen LogP contribution in [0.2, 0.25) is 0 Å². The molecule has 3 nitrogen and oxygen atoms in total. The van der Waals surface area contributed by atoms with Gasteiger partial charge < -0.3 is 10.1 Å². The molecule has 0 unspecified atom stereocenters. The smallest absolute Gasteiger partial charge is 0.142 e. The summed E-state index contributed by atoms with van der Waals surface area (Å²) in [6.07, 6.45) is 0.848. The van der Waals surface area contributed by atoms with E-state index < -0.39 is 5.82 Å². The molecule has 1 aliphatic rings. The summed E-state index contributed by atoms with van der Waals surface area (Å²) in [5, 5.41) is 11.9. The Morgan fingerprint density at radius 2 is 2.38 bits per heavy atom. The number of nitriles is 1. The highest BCUT2D eigenvalue weighted by atomic mass is 19.1. The Bertz CT molecular complexity index is 438. The van der Waals surface area contributed by atoms with E-state index in [-0.39, 0.29) is 11.6 Å². The lowest BCUT2D eigenvalue weighted by Gasteiger charge is -2.14. The van der Waals surface area contributed by atoms with Gasteiger partial charge in [-0.05, 0) is 18.6 Å². The standard InChI is InChI=1S/C11H10BFN2O/c12-7-3-10(13)9(5-14)11(4-7)15-8-1-2-16-6-8/h3-4,8,15H,1-2,6H2/t8-/m0/s1. The Morgan fingerprint density at radius 3 is 3.00 bits per heavy atom. The molecule has 16 heavy (non-hydrogen) atoms. The third-order valence-corrected chi connectivity index (χ3v) is 2.51. The van der Waals surface area contributed by atoms with Crippen LogP contribution in [0.4, 0.5) is 10.1 Å². The molecule has 1 aliphatic heterocycles. The number of rotatable bonds is 2. The highest BCUT2D eigenvalue weighted by molar-refractivity contribution is 6.32. The lowest BCUT2D eigenvalue weighted by molar-refractivity contribution is 0.195. The van der Waals surface area contributed by atoms with Crippen molar-refractivity contribution in [3.05, 3.63) is 23.5 Å². The fourth-order valence-electron chi connectivity index (χ4n) is 1.72. The number of hydrogen-bond acceptors (Lipinski definition) is 3. The Kier molecular flexibility index (Phi) is 3.11. The van der Waals surface area contributed by atoms with Crippen molar-refractivity contribution in [3.8, 4) is 6.07 Å². The third kappa shape index (κ3) is 2.17. The lowest BCUT2D eigenvalue weighted by atomic mass is 9.93. The number of benzene rings is 1. The Balaban J connectivity index is 2.28. The fraction of sp³-hybridized carbons (Fsp3) is 0.364. The van der Waals surface area contributed by atoms with Crippen molar-refractivity contribution < 1.29 is 9.13 Å². The Hall–Kier alpha value is -1.54. The van der Waals surface area contributed by atoms with Crippen molar-refractivity contribution >= 4 is 19.0 Å². The summed E-state index contributed by atoms with van der Waals surface area (Å²) in [7, 11) is 5.54. The third-order valence-electron chi connectivity index (χ3n) is 2.51. The van der Waals surface area contributed by atoms with Gasteiger partial charge in [-0.15, -0.1) is 0 Å². The van der Waals surface area contributed by atoms with Crippen molar-refractivity contribution in [3.63, 3.8) is 0 Å². The first-order chi connectivity index (χ1) is 7.70. The molecule has 0 aliphatic carbocycles. The quantitative estimate of drug-likeness (QED) is 0.739. The van der Waals surface area contributed by atoms with Crippen molar-refractivity contribution in [2.45, 2.75) is 12.5 Å². The number of anilines is 1. The maximum absolute atomic E-state index is 13.4. The fourth-order valence-corrected chi connectivity index (χ4v) is 1.72. The van der Waals surface area contributed by atoms with Crippen LogP contribution in [0.5, 0.6) is 0 Å². The number of hydrogen-bond donors (Lipinski definition) is 1. The molecule has 1 saturated heterocycles. The number of nitrogens with zero attached hydrogens (tertiary/aromatic N) is 1. The highest BCUT2D eigenvalue weighted by Gasteiger charge is 2.18. The van der Waals surface area contributed by atoms with E-state index in [1.54, 1.807) is 6.07 Å². The van der Waals surface area contributed by atoms with Gasteiger partial charge in [0.1, 0.15) is 25.3 Å². The van der Waals surface area contributed by atoms with Gasteiger partial charge in [0.2, 0.25) is 0 Å². The van der Waals surface area contributed by atoms with E-state index in [4.69, 9.17) is 17.8 Å². The van der Waals surface area contributed by atoms with Gasteiger partial charge in [-0.1, -0.05) is 5.46 Å². The topological polar surface area (TPSA) is 45.0 Å². The van der Waals surface area contributed by atoms with Crippen LogP contribution >= 0.6 is 0 Å². The molecule has 1 aromatic rings. The van der Waals surface area contributed by atoms with Crippen LogP contribution < -0.4 is 10.8 Å². The number of halogens is 1. The van der Waals surface area contributed by atoms with Crippen LogP contribution in [-0.2, 0) is 4.74 Å². The molecule has 2 rings (SSSR count). The van der Waals surface area contributed by atoms with Crippen molar-refractivity contribution in [1.82, 2.24) is 0 Å². The second-order valence-electron chi connectivity index (χ2n) is 3.74. The second kappa shape index (κ2) is 4.54. The average Bonchev–Trinajstić information content (AvgIpc) is 2.70. The molecule has 80 valence electrons. The van der Waals surface area contributed by atoms with Gasteiger partial charge in [0.25, 0.3) is 0 Å². The summed E-state index contributed by atoms with van der Waals surface area (Å²) < 4.78 is 18.6. The van der Waals surface area contributed by atoms with Crippen LogP contribution in [0.3, 0.4) is 0 Å². The molecule has 5 heteroatoms. The average molecular weight is 216 g/mol. The molecular formula is C11H10BFN2O. The SMILES string of the molecule is [B]c1cc(F)c(C#N)c(N[C@H]2CCOC2)c1. The van der Waals surface area contributed by atoms with Gasteiger partial charge >= 0.3 is 0 Å². The van der Waals surface area contributed by atoms with E-state index in [1.165, 1.54) is 0 Å². The van der Waals surface area contributed by atoms with Crippen LogP contribution in [0.1, 0.15) is 12.0 Å². The van der Waals surface area contributed by atoms with E-state index in [9.17, 15) is 4.39 Å². The first-order valence-corrected chi connectivity index (χ1v) is 5.04. The number of nitrogens with one attached hydrogen (secondary N) is 1. The highest BCUT2D eigenvalue weighted by Crippen LogP contribution is 2.19. The molecule has 0 spiro atoms. The van der Waals surface area contributed by atoms with Crippen LogP contribution in [0.25, 0.3) is 0 Å². The monoisotopic (exact) mass is 216 g/mol. The Morgan fingerprint density at radius 1 is 1.56 bits per heavy atom. The van der Waals surface area contributed by atoms with Crippen LogP contribution in [0, 0.1) is 17.1 Å². The molecule has 1 heterocycles. The zero-order valence-corrected chi connectivity index (χ0v) is 8.66. The normalized spacial score (nSPS) is 19.4. The second-order valence-corrected chi connectivity index (χ2v) is 3.74. The summed E-state index contributed by atoms with van der Waals surface area (Å²) in [6, 6.07) is 4.67. The van der Waals surface area contributed by atoms with Crippen molar-refractivity contribution in [2.24, 2.45) is 0 Å². The van der Waals surface area contributed by atoms with Crippen LogP contribution in [-0.4, -0.2) is 27.1 Å².